The second kappa shape index (κ2) is 7.01. The lowest BCUT2D eigenvalue weighted by Gasteiger charge is -2.15. The number of carboxylic acid groups (broad SMARTS) is 1. The Morgan fingerprint density at radius 3 is 2.83 bits per heavy atom. The Balaban J connectivity index is 2.22. The lowest BCUT2D eigenvalue weighted by atomic mass is 10.3. The van der Waals surface area contributed by atoms with Gasteiger partial charge in [0, 0.05) is 0 Å². The molecule has 0 saturated carbocycles. The minimum absolute atomic E-state index is 0.00486. The molecule has 0 fully saturated rings. The van der Waals surface area contributed by atoms with Crippen LogP contribution in [0.25, 0.3) is 0 Å². The van der Waals surface area contributed by atoms with E-state index in [4.69, 9.17) is 10.2 Å². The van der Waals surface area contributed by atoms with E-state index in [9.17, 15) is 19.5 Å². The number of carbonyl (C=O) groups excluding carboxylic acids is 2. The van der Waals surface area contributed by atoms with Crippen molar-refractivity contribution in [3.63, 3.8) is 0 Å². The third-order valence-corrected chi connectivity index (χ3v) is 4.02. The molecule has 0 aromatic carbocycles. The summed E-state index contributed by atoms with van der Waals surface area (Å²) in [6.07, 6.45) is 1.60. The Morgan fingerprint density at radius 2 is 2.30 bits per heavy atom. The first-order chi connectivity index (χ1) is 10.9. The van der Waals surface area contributed by atoms with Crippen LogP contribution in [-0.2, 0) is 4.79 Å². The molecule has 1 atom stereocenters. The van der Waals surface area contributed by atoms with Crippen molar-refractivity contribution in [3.05, 3.63) is 34.5 Å². The third-order valence-electron chi connectivity index (χ3n) is 2.80. The highest BCUT2D eigenvalue weighted by atomic mass is 32.2. The second-order valence-corrected chi connectivity index (χ2v) is 5.59. The van der Waals surface area contributed by atoms with Gasteiger partial charge in [0.1, 0.15) is 0 Å². The van der Waals surface area contributed by atoms with E-state index in [0.29, 0.717) is 0 Å². The standard InChI is InChI=1S/C13H14N4O5S/c1-2-7(12(20)21)23-13-16-9(14)8(11(19)17-13)15-10(18)6-4-3-5-22-6/h3-5,7H,2H2,1H3,(H,15,18)(H,20,21)(H3,14,16,17,19)/p-1/t7-/m1/s1. The first-order valence-corrected chi connectivity index (χ1v) is 7.42. The highest BCUT2D eigenvalue weighted by Gasteiger charge is 2.17. The Kier molecular flexibility index (Phi) is 5.06. The molecule has 10 heteroatoms. The molecule has 2 rings (SSSR count). The van der Waals surface area contributed by atoms with Crippen molar-refractivity contribution in [2.24, 2.45) is 0 Å². The number of nitrogens with two attached hydrogens (primary N) is 1. The molecule has 0 bridgehead atoms. The summed E-state index contributed by atoms with van der Waals surface area (Å²) in [5, 5.41) is 12.3. The molecular weight excluding hydrogens is 324 g/mol. The van der Waals surface area contributed by atoms with E-state index in [0.717, 1.165) is 11.8 Å². The predicted molar refractivity (Wildman–Crippen MR) is 80.9 cm³/mol. The van der Waals surface area contributed by atoms with E-state index in [1.54, 1.807) is 6.92 Å². The van der Waals surface area contributed by atoms with Crippen LogP contribution in [0, 0.1) is 0 Å². The maximum Gasteiger partial charge on any atom is 0.291 e. The highest BCUT2D eigenvalue weighted by Crippen LogP contribution is 2.23. The van der Waals surface area contributed by atoms with Crippen molar-refractivity contribution >= 4 is 35.1 Å². The number of aliphatic carboxylic acids is 1. The molecule has 2 aromatic rings. The predicted octanol–water partition coefficient (Wildman–Crippen LogP) is -0.182. The Hall–Kier alpha value is -2.75. The SMILES string of the molecule is CC[C@@H](Sc1nc(N)c(NC(=O)c2ccco2)c(=O)[nH]1)C(=O)[O-]. The van der Waals surface area contributed by atoms with Crippen LogP contribution in [0.3, 0.4) is 0 Å². The molecule has 0 radical (unpaired) electrons. The van der Waals surface area contributed by atoms with Gasteiger partial charge in [-0.15, -0.1) is 0 Å². The minimum atomic E-state index is -1.27. The second-order valence-electron chi connectivity index (χ2n) is 4.40. The summed E-state index contributed by atoms with van der Waals surface area (Å²) < 4.78 is 4.90. The van der Waals surface area contributed by atoms with Crippen LogP contribution in [0.15, 0.2) is 32.8 Å². The zero-order valence-corrected chi connectivity index (χ0v) is 12.8. The summed E-state index contributed by atoms with van der Waals surface area (Å²) in [5.41, 5.74) is 4.72. The molecule has 4 N–H and O–H groups in total. The van der Waals surface area contributed by atoms with E-state index in [2.05, 4.69) is 15.3 Å². The summed E-state index contributed by atoms with van der Waals surface area (Å²) in [6, 6.07) is 2.94. The number of carbonyl (C=O) groups is 2. The molecule has 0 spiro atoms. The number of furan rings is 1. The summed E-state index contributed by atoms with van der Waals surface area (Å²) in [4.78, 5) is 41.0. The van der Waals surface area contributed by atoms with E-state index in [1.807, 2.05) is 0 Å². The monoisotopic (exact) mass is 337 g/mol. The Bertz CT molecular complexity index is 771. The van der Waals surface area contributed by atoms with Crippen LogP contribution in [0.2, 0.25) is 0 Å². The number of aromatic amines is 1. The van der Waals surface area contributed by atoms with Crippen molar-refractivity contribution in [2.45, 2.75) is 23.8 Å². The molecule has 1 amide bonds. The number of nitrogens with one attached hydrogen (secondary N) is 2. The lowest BCUT2D eigenvalue weighted by Crippen LogP contribution is -2.33. The topological polar surface area (TPSA) is 154 Å². The number of nitrogens with zero attached hydrogens (tertiary/aromatic N) is 1. The van der Waals surface area contributed by atoms with Gasteiger partial charge in [-0.1, -0.05) is 18.7 Å². The van der Waals surface area contributed by atoms with E-state index in [1.165, 1.54) is 18.4 Å². The van der Waals surface area contributed by atoms with Crippen LogP contribution in [0.4, 0.5) is 11.5 Å². The molecule has 9 nitrogen and oxygen atoms in total. The average Bonchev–Trinajstić information content (AvgIpc) is 3.02. The number of nitrogen functional groups attached to an aromatic ring is 1. The fourth-order valence-electron chi connectivity index (χ4n) is 1.66. The summed E-state index contributed by atoms with van der Waals surface area (Å²) in [6.45, 7) is 1.66. The quantitative estimate of drug-likeness (QED) is 0.484. The van der Waals surface area contributed by atoms with Gasteiger partial charge in [-0.05, 0) is 18.6 Å². The van der Waals surface area contributed by atoms with E-state index >= 15 is 0 Å². The van der Waals surface area contributed by atoms with Crippen molar-refractivity contribution < 1.29 is 19.1 Å². The number of amides is 1. The van der Waals surface area contributed by atoms with Crippen LogP contribution < -0.4 is 21.7 Å². The number of aromatic nitrogens is 2. The minimum Gasteiger partial charge on any atom is -0.549 e. The first-order valence-electron chi connectivity index (χ1n) is 6.54. The van der Waals surface area contributed by atoms with Gasteiger partial charge in [0.15, 0.2) is 22.4 Å². The van der Waals surface area contributed by atoms with E-state index in [-0.39, 0.29) is 28.8 Å². The molecule has 2 heterocycles. The molecule has 0 unspecified atom stereocenters. The normalized spacial score (nSPS) is 11.9. The maximum atomic E-state index is 12.0. The summed E-state index contributed by atoms with van der Waals surface area (Å²) in [5.74, 6) is -2.15. The number of carboxylic acids is 1. The molecule has 2 aromatic heterocycles. The van der Waals surface area contributed by atoms with E-state index < -0.39 is 22.7 Å². The van der Waals surface area contributed by atoms with Crippen molar-refractivity contribution in [1.82, 2.24) is 9.97 Å². The smallest absolute Gasteiger partial charge is 0.291 e. The van der Waals surface area contributed by atoms with Gasteiger partial charge in [0.25, 0.3) is 11.5 Å². The maximum absolute atomic E-state index is 12.0. The number of rotatable bonds is 6. The fraction of sp³-hybridized carbons (Fsp3) is 0.231. The van der Waals surface area contributed by atoms with Gasteiger partial charge in [-0.3, -0.25) is 14.6 Å². The molecule has 0 aliphatic heterocycles. The molecular formula is C13H13N4O5S-. The molecule has 23 heavy (non-hydrogen) atoms. The molecule has 0 saturated heterocycles. The number of anilines is 2. The third kappa shape index (κ3) is 3.92. The highest BCUT2D eigenvalue weighted by molar-refractivity contribution is 8.00. The zero-order valence-electron chi connectivity index (χ0n) is 12.0. The number of thioether (sulfide) groups is 1. The first kappa shape index (κ1) is 16.6. The lowest BCUT2D eigenvalue weighted by molar-refractivity contribution is -0.304. The summed E-state index contributed by atoms with van der Waals surface area (Å²) in [7, 11) is 0. The molecule has 0 aliphatic rings. The Labute approximate surface area is 134 Å². The van der Waals surface area contributed by atoms with Gasteiger partial charge >= 0.3 is 0 Å². The number of hydrogen-bond acceptors (Lipinski definition) is 8. The van der Waals surface area contributed by atoms with Crippen molar-refractivity contribution in [2.75, 3.05) is 11.1 Å². The van der Waals surface area contributed by atoms with Gasteiger partial charge in [-0.25, -0.2) is 4.98 Å². The van der Waals surface area contributed by atoms with Crippen molar-refractivity contribution in [3.8, 4) is 0 Å². The number of hydrogen-bond donors (Lipinski definition) is 3. The van der Waals surface area contributed by atoms with Crippen LogP contribution in [0.5, 0.6) is 0 Å². The van der Waals surface area contributed by atoms with Gasteiger partial charge in [-0.2, -0.15) is 0 Å². The van der Waals surface area contributed by atoms with Crippen LogP contribution >= 0.6 is 11.8 Å². The molecule has 122 valence electrons. The average molecular weight is 337 g/mol. The van der Waals surface area contributed by atoms with Crippen LogP contribution in [0.1, 0.15) is 23.9 Å². The Morgan fingerprint density at radius 1 is 1.57 bits per heavy atom. The number of H-pyrrole nitrogens is 1. The van der Waals surface area contributed by atoms with Gasteiger partial charge < -0.3 is 25.4 Å². The molecule has 0 aliphatic carbocycles. The van der Waals surface area contributed by atoms with Crippen LogP contribution in [-0.4, -0.2) is 27.1 Å². The van der Waals surface area contributed by atoms with Crippen molar-refractivity contribution in [1.29, 1.82) is 0 Å². The zero-order chi connectivity index (χ0) is 17.0. The summed E-state index contributed by atoms with van der Waals surface area (Å²) >= 11 is 0.811. The van der Waals surface area contributed by atoms with Gasteiger partial charge in [0.2, 0.25) is 0 Å². The fourth-order valence-corrected chi connectivity index (χ4v) is 2.50. The largest absolute Gasteiger partial charge is 0.549 e. The van der Waals surface area contributed by atoms with Gasteiger partial charge in [0.05, 0.1) is 17.5 Å².